The van der Waals surface area contributed by atoms with Gasteiger partial charge in [-0.2, -0.15) is 0 Å². The van der Waals surface area contributed by atoms with Crippen LogP contribution in [0.2, 0.25) is 0 Å². The van der Waals surface area contributed by atoms with Crippen LogP contribution in [0.4, 0.5) is 0 Å². The van der Waals surface area contributed by atoms with Crippen LogP contribution in [0.5, 0.6) is 0 Å². The zero-order valence-corrected chi connectivity index (χ0v) is 10.9. The van der Waals surface area contributed by atoms with Gasteiger partial charge in [0.2, 0.25) is 0 Å². The van der Waals surface area contributed by atoms with E-state index in [-0.39, 0.29) is 5.97 Å². The molecule has 1 N–H and O–H groups in total. The molecule has 1 aromatic heterocycles. The molecule has 1 unspecified atom stereocenters. The monoisotopic (exact) mass is 252 g/mol. The van der Waals surface area contributed by atoms with Gasteiger partial charge in [0.25, 0.3) is 0 Å². The number of methoxy groups -OCH3 is 1. The molecule has 1 aromatic rings. The lowest BCUT2D eigenvalue weighted by atomic mass is 10.1. The van der Waals surface area contributed by atoms with Gasteiger partial charge >= 0.3 is 5.97 Å². The molecule has 0 amide bonds. The summed E-state index contributed by atoms with van der Waals surface area (Å²) in [5, 5.41) is 3.45. The minimum Gasteiger partial charge on any atom is -0.467 e. The summed E-state index contributed by atoms with van der Waals surface area (Å²) in [4.78, 5) is 13.6. The maximum atomic E-state index is 11.3. The Morgan fingerprint density at radius 1 is 1.67 bits per heavy atom. The number of likely N-dealkylation sites (tertiary alicyclic amines) is 1. The van der Waals surface area contributed by atoms with Gasteiger partial charge in [-0.15, -0.1) is 0 Å². The largest absolute Gasteiger partial charge is 0.467 e. The molecular formula is C13H20N2O3. The van der Waals surface area contributed by atoms with Crippen LogP contribution in [0.3, 0.4) is 0 Å². The van der Waals surface area contributed by atoms with Crippen molar-refractivity contribution in [1.82, 2.24) is 10.2 Å². The second-order valence-electron chi connectivity index (χ2n) is 4.78. The molecular weight excluding hydrogens is 232 g/mol. The SMILES string of the molecule is COC(=O)c1coc(CNC2CCCN(C)C2)c1. The zero-order chi connectivity index (χ0) is 13.0. The van der Waals surface area contributed by atoms with Gasteiger partial charge in [-0.05, 0) is 32.5 Å². The summed E-state index contributed by atoms with van der Waals surface area (Å²) in [6.07, 6.45) is 3.85. The number of nitrogens with one attached hydrogen (secondary N) is 1. The van der Waals surface area contributed by atoms with E-state index in [1.54, 1.807) is 6.07 Å². The highest BCUT2D eigenvalue weighted by Crippen LogP contribution is 2.11. The Labute approximate surface area is 107 Å². The van der Waals surface area contributed by atoms with Gasteiger partial charge in [0.05, 0.1) is 19.2 Å². The summed E-state index contributed by atoms with van der Waals surface area (Å²) in [6, 6.07) is 2.22. The van der Waals surface area contributed by atoms with Crippen LogP contribution in [-0.4, -0.2) is 44.2 Å². The van der Waals surface area contributed by atoms with E-state index in [0.717, 1.165) is 12.3 Å². The fourth-order valence-corrected chi connectivity index (χ4v) is 2.28. The summed E-state index contributed by atoms with van der Waals surface area (Å²) in [5.74, 6) is 0.408. The van der Waals surface area contributed by atoms with E-state index in [9.17, 15) is 4.79 Å². The third-order valence-electron chi connectivity index (χ3n) is 3.26. The smallest absolute Gasteiger partial charge is 0.341 e. The molecule has 0 spiro atoms. The molecule has 1 aliphatic rings. The Hall–Kier alpha value is -1.33. The highest BCUT2D eigenvalue weighted by Gasteiger charge is 2.17. The van der Waals surface area contributed by atoms with Crippen LogP contribution in [0.25, 0.3) is 0 Å². The first-order chi connectivity index (χ1) is 8.69. The highest BCUT2D eigenvalue weighted by atomic mass is 16.5. The third kappa shape index (κ3) is 3.34. The van der Waals surface area contributed by atoms with Gasteiger partial charge in [0, 0.05) is 12.6 Å². The van der Waals surface area contributed by atoms with Gasteiger partial charge in [-0.3, -0.25) is 0 Å². The fraction of sp³-hybridized carbons (Fsp3) is 0.615. The number of furan rings is 1. The summed E-state index contributed by atoms with van der Waals surface area (Å²) in [6.45, 7) is 2.88. The fourth-order valence-electron chi connectivity index (χ4n) is 2.28. The van der Waals surface area contributed by atoms with Gasteiger partial charge in [0.15, 0.2) is 0 Å². The van der Waals surface area contributed by atoms with Gasteiger partial charge in [-0.25, -0.2) is 4.79 Å². The van der Waals surface area contributed by atoms with Crippen molar-refractivity contribution in [3.63, 3.8) is 0 Å². The number of rotatable bonds is 4. The summed E-state index contributed by atoms with van der Waals surface area (Å²) >= 11 is 0. The third-order valence-corrected chi connectivity index (χ3v) is 3.26. The van der Waals surface area contributed by atoms with Crippen molar-refractivity contribution in [3.8, 4) is 0 Å². The lowest BCUT2D eigenvalue weighted by molar-refractivity contribution is 0.0600. The van der Waals surface area contributed by atoms with E-state index in [0.29, 0.717) is 18.2 Å². The Morgan fingerprint density at radius 2 is 2.50 bits per heavy atom. The second-order valence-corrected chi connectivity index (χ2v) is 4.78. The number of carbonyl (C=O) groups excluding carboxylic acids is 1. The van der Waals surface area contributed by atoms with E-state index in [1.807, 2.05) is 0 Å². The van der Waals surface area contributed by atoms with Crippen molar-refractivity contribution in [2.45, 2.75) is 25.4 Å². The second kappa shape index (κ2) is 6.02. The predicted molar refractivity (Wildman–Crippen MR) is 67.4 cm³/mol. The Morgan fingerprint density at radius 3 is 3.22 bits per heavy atom. The Kier molecular flexibility index (Phi) is 4.38. The number of piperidine rings is 1. The van der Waals surface area contributed by atoms with E-state index < -0.39 is 0 Å². The molecule has 18 heavy (non-hydrogen) atoms. The molecule has 100 valence electrons. The van der Waals surface area contributed by atoms with E-state index in [2.05, 4.69) is 22.0 Å². The van der Waals surface area contributed by atoms with Crippen LogP contribution in [0.1, 0.15) is 29.0 Å². The molecule has 5 heteroatoms. The zero-order valence-electron chi connectivity index (χ0n) is 10.9. The summed E-state index contributed by atoms with van der Waals surface area (Å²) in [7, 11) is 3.50. The molecule has 1 aliphatic heterocycles. The van der Waals surface area contributed by atoms with Crippen molar-refractivity contribution in [3.05, 3.63) is 23.7 Å². The van der Waals surface area contributed by atoms with E-state index in [1.165, 1.54) is 32.8 Å². The molecule has 1 fully saturated rings. The number of likely N-dealkylation sites (N-methyl/N-ethyl adjacent to an activating group) is 1. The van der Waals surface area contributed by atoms with Gasteiger partial charge in [0.1, 0.15) is 12.0 Å². The van der Waals surface area contributed by atoms with Crippen LogP contribution < -0.4 is 5.32 Å². The number of hydrogen-bond donors (Lipinski definition) is 1. The molecule has 0 aliphatic carbocycles. The minimum atomic E-state index is -0.359. The number of ether oxygens (including phenoxy) is 1. The molecule has 0 radical (unpaired) electrons. The van der Waals surface area contributed by atoms with Crippen molar-refractivity contribution in [1.29, 1.82) is 0 Å². The number of nitrogens with zero attached hydrogens (tertiary/aromatic N) is 1. The van der Waals surface area contributed by atoms with E-state index in [4.69, 9.17) is 4.42 Å². The van der Waals surface area contributed by atoms with E-state index >= 15 is 0 Å². The Balaban J connectivity index is 1.82. The van der Waals surface area contributed by atoms with Crippen molar-refractivity contribution in [2.24, 2.45) is 0 Å². The van der Waals surface area contributed by atoms with Crippen LogP contribution in [0, 0.1) is 0 Å². The van der Waals surface area contributed by atoms with Crippen LogP contribution in [0.15, 0.2) is 16.7 Å². The lowest BCUT2D eigenvalue weighted by Crippen LogP contribution is -2.43. The maximum absolute atomic E-state index is 11.3. The molecule has 5 nitrogen and oxygen atoms in total. The van der Waals surface area contributed by atoms with Gasteiger partial charge < -0.3 is 19.4 Å². The normalized spacial score (nSPS) is 20.9. The minimum absolute atomic E-state index is 0.359. The number of esters is 1. The summed E-state index contributed by atoms with van der Waals surface area (Å²) < 4.78 is 9.96. The molecule has 1 atom stereocenters. The van der Waals surface area contributed by atoms with Gasteiger partial charge in [-0.1, -0.05) is 0 Å². The molecule has 2 rings (SSSR count). The van der Waals surface area contributed by atoms with Crippen LogP contribution in [-0.2, 0) is 11.3 Å². The molecule has 0 saturated carbocycles. The van der Waals surface area contributed by atoms with Crippen LogP contribution >= 0.6 is 0 Å². The average molecular weight is 252 g/mol. The Bertz CT molecular complexity index is 403. The molecule has 0 bridgehead atoms. The summed E-state index contributed by atoms with van der Waals surface area (Å²) in [5.41, 5.74) is 0.468. The van der Waals surface area contributed by atoms with Crippen molar-refractivity contribution < 1.29 is 13.9 Å². The lowest BCUT2D eigenvalue weighted by Gasteiger charge is -2.30. The molecule has 2 heterocycles. The predicted octanol–water partition coefficient (Wildman–Crippen LogP) is 1.25. The first-order valence-electron chi connectivity index (χ1n) is 6.26. The highest BCUT2D eigenvalue weighted by molar-refractivity contribution is 5.88. The quantitative estimate of drug-likeness (QED) is 0.817. The first-order valence-corrected chi connectivity index (χ1v) is 6.26. The average Bonchev–Trinajstić information content (AvgIpc) is 2.84. The number of carbonyl (C=O) groups is 1. The molecule has 1 saturated heterocycles. The van der Waals surface area contributed by atoms with Crippen molar-refractivity contribution in [2.75, 3.05) is 27.2 Å². The standard InChI is InChI=1S/C13H20N2O3/c1-15-5-3-4-11(8-15)14-7-12-6-10(9-18-12)13(16)17-2/h6,9,11,14H,3-5,7-8H2,1-2H3. The maximum Gasteiger partial charge on any atom is 0.341 e. The van der Waals surface area contributed by atoms with Crippen molar-refractivity contribution >= 4 is 5.97 Å². The number of hydrogen-bond acceptors (Lipinski definition) is 5. The first kappa shape index (κ1) is 13.1. The molecule has 0 aromatic carbocycles. The topological polar surface area (TPSA) is 54.7 Å².